The Morgan fingerprint density at radius 3 is 2.66 bits per heavy atom. The fourth-order valence-corrected chi connectivity index (χ4v) is 3.61. The van der Waals surface area contributed by atoms with Crippen LogP contribution in [0.4, 0.5) is 0 Å². The van der Waals surface area contributed by atoms with Crippen LogP contribution in [0.25, 0.3) is 33.3 Å². The van der Waals surface area contributed by atoms with Gasteiger partial charge in [0, 0.05) is 34.9 Å². The van der Waals surface area contributed by atoms with Crippen LogP contribution in [0, 0.1) is 11.3 Å². The van der Waals surface area contributed by atoms with Crippen molar-refractivity contribution >= 4 is 16.9 Å². The van der Waals surface area contributed by atoms with Gasteiger partial charge in [-0.25, -0.2) is 4.98 Å². The van der Waals surface area contributed by atoms with Crippen molar-refractivity contribution in [3.05, 3.63) is 78.1 Å². The van der Waals surface area contributed by atoms with Crippen molar-refractivity contribution in [2.75, 3.05) is 0 Å². The van der Waals surface area contributed by atoms with Gasteiger partial charge in [0.1, 0.15) is 5.65 Å². The molecular formula is C24H18N4O. The summed E-state index contributed by atoms with van der Waals surface area (Å²) < 4.78 is 0. The summed E-state index contributed by atoms with van der Waals surface area (Å²) in [6.45, 7) is 0. The number of hydrogen-bond donors (Lipinski definition) is 2. The molecule has 5 heteroatoms. The second-order valence-electron chi connectivity index (χ2n) is 7.31. The topological polar surface area (TPSA) is 81.6 Å². The molecule has 0 saturated heterocycles. The number of H-pyrrole nitrogens is 1. The fraction of sp³-hybridized carbons (Fsp3) is 0.125. The highest BCUT2D eigenvalue weighted by Gasteiger charge is 2.24. The zero-order chi connectivity index (χ0) is 19.8. The van der Waals surface area contributed by atoms with E-state index in [0.717, 1.165) is 46.1 Å². The van der Waals surface area contributed by atoms with Crippen molar-refractivity contribution in [1.29, 1.82) is 5.26 Å². The van der Waals surface area contributed by atoms with Gasteiger partial charge in [-0.15, -0.1) is 0 Å². The van der Waals surface area contributed by atoms with E-state index in [1.165, 1.54) is 0 Å². The molecule has 5 nitrogen and oxygen atoms in total. The predicted molar refractivity (Wildman–Crippen MR) is 112 cm³/mol. The highest BCUT2D eigenvalue weighted by Crippen LogP contribution is 2.36. The van der Waals surface area contributed by atoms with Crippen molar-refractivity contribution in [2.24, 2.45) is 0 Å². The third kappa shape index (κ3) is 3.26. The van der Waals surface area contributed by atoms with Gasteiger partial charge < -0.3 is 10.3 Å². The van der Waals surface area contributed by atoms with Crippen LogP contribution in [0.3, 0.4) is 0 Å². The van der Waals surface area contributed by atoms with E-state index in [-0.39, 0.29) is 5.91 Å². The Balaban J connectivity index is 1.63. The summed E-state index contributed by atoms with van der Waals surface area (Å²) >= 11 is 0. The lowest BCUT2D eigenvalue weighted by atomic mass is 9.96. The number of benzene rings is 2. The molecule has 1 aliphatic carbocycles. The largest absolute Gasteiger partial charge is 0.349 e. The van der Waals surface area contributed by atoms with E-state index < -0.39 is 0 Å². The number of nitrogens with zero attached hydrogens (tertiary/aromatic N) is 2. The first kappa shape index (κ1) is 17.2. The molecule has 0 radical (unpaired) electrons. The smallest absolute Gasteiger partial charge is 0.251 e. The molecular weight excluding hydrogens is 360 g/mol. The summed E-state index contributed by atoms with van der Waals surface area (Å²) in [6.07, 6.45) is 5.80. The molecule has 140 valence electrons. The minimum absolute atomic E-state index is 0.0318. The number of fused-ring (bicyclic) bond motifs is 1. The van der Waals surface area contributed by atoms with Crippen molar-refractivity contribution in [2.45, 2.75) is 18.9 Å². The lowest BCUT2D eigenvalue weighted by Gasteiger charge is -2.09. The van der Waals surface area contributed by atoms with E-state index in [9.17, 15) is 10.1 Å². The van der Waals surface area contributed by atoms with Gasteiger partial charge in [-0.2, -0.15) is 5.26 Å². The number of carbonyl (C=O) groups excluding carboxylic acids is 1. The molecule has 4 aromatic rings. The van der Waals surface area contributed by atoms with Gasteiger partial charge in [0.15, 0.2) is 0 Å². The van der Waals surface area contributed by atoms with E-state index in [1.807, 2.05) is 54.7 Å². The number of aromatic nitrogens is 2. The Bertz CT molecular complexity index is 1280. The van der Waals surface area contributed by atoms with Crippen molar-refractivity contribution in [3.8, 4) is 28.3 Å². The maximum absolute atomic E-state index is 12.5. The molecule has 2 aromatic heterocycles. The molecule has 0 atom stereocenters. The van der Waals surface area contributed by atoms with Gasteiger partial charge in [-0.1, -0.05) is 24.3 Å². The summed E-state index contributed by atoms with van der Waals surface area (Å²) in [5.41, 5.74) is 5.92. The summed E-state index contributed by atoms with van der Waals surface area (Å²) in [5.74, 6) is -0.0318. The van der Waals surface area contributed by atoms with E-state index in [4.69, 9.17) is 0 Å². The van der Waals surface area contributed by atoms with Crippen LogP contribution in [0.5, 0.6) is 0 Å². The molecule has 0 spiro atoms. The number of hydrogen-bond acceptors (Lipinski definition) is 3. The number of aromatic amines is 1. The zero-order valence-corrected chi connectivity index (χ0v) is 15.6. The summed E-state index contributed by atoms with van der Waals surface area (Å²) in [4.78, 5) is 20.2. The number of nitrogens with one attached hydrogen (secondary N) is 2. The number of pyridine rings is 1. The molecule has 0 bridgehead atoms. The molecule has 2 heterocycles. The van der Waals surface area contributed by atoms with Crippen LogP contribution in [-0.2, 0) is 0 Å². The summed E-state index contributed by atoms with van der Waals surface area (Å²) in [6, 6.07) is 19.7. The van der Waals surface area contributed by atoms with Gasteiger partial charge in [0.2, 0.25) is 0 Å². The van der Waals surface area contributed by atoms with Crippen molar-refractivity contribution in [1.82, 2.24) is 15.3 Å². The first-order valence-electron chi connectivity index (χ1n) is 9.61. The minimum atomic E-state index is -0.0318. The fourth-order valence-electron chi connectivity index (χ4n) is 3.61. The third-order valence-corrected chi connectivity index (χ3v) is 5.22. The average Bonchev–Trinajstić information content (AvgIpc) is 3.48. The molecule has 0 unspecified atom stereocenters. The van der Waals surface area contributed by atoms with Gasteiger partial charge in [-0.3, -0.25) is 4.79 Å². The highest BCUT2D eigenvalue weighted by atomic mass is 16.1. The molecule has 2 N–H and O–H groups in total. The zero-order valence-electron chi connectivity index (χ0n) is 15.6. The van der Waals surface area contributed by atoms with Crippen LogP contribution in [0.2, 0.25) is 0 Å². The van der Waals surface area contributed by atoms with Crippen LogP contribution in [-0.4, -0.2) is 21.9 Å². The van der Waals surface area contributed by atoms with E-state index in [0.29, 0.717) is 17.2 Å². The third-order valence-electron chi connectivity index (χ3n) is 5.22. The van der Waals surface area contributed by atoms with Crippen LogP contribution < -0.4 is 5.32 Å². The Kier molecular flexibility index (Phi) is 4.10. The molecule has 0 aliphatic heterocycles. The van der Waals surface area contributed by atoms with Crippen LogP contribution in [0.1, 0.15) is 28.8 Å². The maximum Gasteiger partial charge on any atom is 0.251 e. The standard InChI is InChI=1S/C24H18N4O/c25-13-15-3-1-4-16(11-15)21-14-27-23-22(21)20(9-10-26-23)17-5-2-6-18(12-17)24(29)28-19-7-8-19/h1-6,9-12,14,19H,7-8H2,(H,26,27)(H,28,29). The lowest BCUT2D eigenvalue weighted by molar-refractivity contribution is 0.0951. The number of nitriles is 1. The predicted octanol–water partition coefficient (Wildman–Crippen LogP) is 4.66. The molecule has 1 amide bonds. The summed E-state index contributed by atoms with van der Waals surface area (Å²) in [5, 5.41) is 13.3. The Hall–Kier alpha value is -3.91. The van der Waals surface area contributed by atoms with Gasteiger partial charge in [0.05, 0.1) is 11.6 Å². The van der Waals surface area contributed by atoms with Gasteiger partial charge in [-0.05, 0) is 59.9 Å². The maximum atomic E-state index is 12.5. The number of rotatable bonds is 4. The normalized spacial score (nSPS) is 13.2. The summed E-state index contributed by atoms with van der Waals surface area (Å²) in [7, 11) is 0. The Labute approximate surface area is 168 Å². The molecule has 1 aliphatic rings. The van der Waals surface area contributed by atoms with Crippen LogP contribution in [0.15, 0.2) is 67.0 Å². The SMILES string of the molecule is N#Cc1cccc(-c2c[nH]c3nccc(-c4cccc(C(=O)NC5CC5)c4)c23)c1. The quantitative estimate of drug-likeness (QED) is 0.542. The first-order chi connectivity index (χ1) is 14.2. The lowest BCUT2D eigenvalue weighted by Crippen LogP contribution is -2.25. The van der Waals surface area contributed by atoms with E-state index in [1.54, 1.807) is 12.3 Å². The van der Waals surface area contributed by atoms with E-state index >= 15 is 0 Å². The molecule has 5 rings (SSSR count). The molecule has 29 heavy (non-hydrogen) atoms. The van der Waals surface area contributed by atoms with Crippen LogP contribution >= 0.6 is 0 Å². The van der Waals surface area contributed by atoms with Crippen molar-refractivity contribution in [3.63, 3.8) is 0 Å². The second-order valence-corrected chi connectivity index (χ2v) is 7.31. The molecule has 2 aromatic carbocycles. The molecule has 1 fully saturated rings. The van der Waals surface area contributed by atoms with Crippen molar-refractivity contribution < 1.29 is 4.79 Å². The minimum Gasteiger partial charge on any atom is -0.349 e. The highest BCUT2D eigenvalue weighted by molar-refractivity contribution is 6.05. The second kappa shape index (κ2) is 6.92. The van der Waals surface area contributed by atoms with Gasteiger partial charge >= 0.3 is 0 Å². The van der Waals surface area contributed by atoms with E-state index in [2.05, 4.69) is 21.4 Å². The number of carbonyl (C=O) groups is 1. The molecule has 1 saturated carbocycles. The Morgan fingerprint density at radius 2 is 1.86 bits per heavy atom. The monoisotopic (exact) mass is 378 g/mol. The van der Waals surface area contributed by atoms with Gasteiger partial charge in [0.25, 0.3) is 5.91 Å². The first-order valence-corrected chi connectivity index (χ1v) is 9.61. The number of amides is 1. The average molecular weight is 378 g/mol. The Morgan fingerprint density at radius 1 is 1.07 bits per heavy atom.